The molecule has 0 aliphatic rings. The van der Waals surface area contributed by atoms with Crippen LogP contribution in [0.15, 0.2) is 53.5 Å². The molecule has 0 aliphatic carbocycles. The van der Waals surface area contributed by atoms with E-state index in [1.807, 2.05) is 32.9 Å². The molecular formula is C25H25FN4O4S. The normalized spacial score (nSPS) is 12.1. The summed E-state index contributed by atoms with van der Waals surface area (Å²) in [7, 11) is -2.07. The van der Waals surface area contributed by atoms with E-state index in [1.165, 1.54) is 25.4 Å². The van der Waals surface area contributed by atoms with Crippen LogP contribution < -0.4 is 15.0 Å². The fourth-order valence-corrected chi connectivity index (χ4v) is 4.23. The summed E-state index contributed by atoms with van der Waals surface area (Å²) in [4.78, 5) is 24.7. The summed E-state index contributed by atoms with van der Waals surface area (Å²) >= 11 is 0. The van der Waals surface area contributed by atoms with Gasteiger partial charge in [-0.1, -0.05) is 20.8 Å². The second-order valence-electron chi connectivity index (χ2n) is 9.24. The molecule has 2 heterocycles. The lowest BCUT2D eigenvalue weighted by atomic mass is 9.85. The van der Waals surface area contributed by atoms with Gasteiger partial charge < -0.3 is 4.74 Å². The molecule has 4 aromatic rings. The van der Waals surface area contributed by atoms with Crippen molar-refractivity contribution >= 4 is 26.7 Å². The third-order valence-electron chi connectivity index (χ3n) is 5.45. The van der Waals surface area contributed by atoms with Gasteiger partial charge in [-0.3, -0.25) is 19.5 Å². The Bertz CT molecular complexity index is 1610. The average Bonchev–Trinajstić information content (AvgIpc) is 2.76. The highest BCUT2D eigenvalue weighted by Crippen LogP contribution is 2.33. The number of sulfonamides is 1. The summed E-state index contributed by atoms with van der Waals surface area (Å²) in [5.41, 5.74) is 2.89. The summed E-state index contributed by atoms with van der Waals surface area (Å²) in [5, 5.41) is 0. The van der Waals surface area contributed by atoms with Crippen molar-refractivity contribution in [2.75, 3.05) is 18.1 Å². The standard InChI is InChI=1S/C25H25FN4O4S/c1-25(2,3)14-10-18(16-8-9-22(34-4)29-24(16)31)23-20(11-14)28-21(13-27-23)17-7-6-15(12-19(17)26)30-35(5,32)33/h6-13,30H,1-5H3,(H,29,31). The second-order valence-corrected chi connectivity index (χ2v) is 11.0. The molecule has 0 atom stereocenters. The van der Waals surface area contributed by atoms with Crippen molar-refractivity contribution in [3.05, 3.63) is 70.4 Å². The lowest BCUT2D eigenvalue weighted by molar-refractivity contribution is 0.397. The molecular weight excluding hydrogens is 471 g/mol. The minimum Gasteiger partial charge on any atom is -0.482 e. The number of rotatable bonds is 5. The first-order valence-electron chi connectivity index (χ1n) is 10.7. The highest BCUT2D eigenvalue weighted by Gasteiger charge is 2.20. The van der Waals surface area contributed by atoms with Crippen molar-refractivity contribution in [2.24, 2.45) is 0 Å². The van der Waals surface area contributed by atoms with Gasteiger partial charge in [0.2, 0.25) is 10.0 Å². The Hall–Kier alpha value is -3.79. The molecule has 0 saturated carbocycles. The topological polar surface area (TPSA) is 114 Å². The van der Waals surface area contributed by atoms with E-state index in [0.717, 1.165) is 17.9 Å². The van der Waals surface area contributed by atoms with Crippen LogP contribution >= 0.6 is 0 Å². The maximum absolute atomic E-state index is 14.9. The van der Waals surface area contributed by atoms with Crippen LogP contribution in [-0.2, 0) is 15.4 Å². The smallest absolute Gasteiger partial charge is 0.258 e. The van der Waals surface area contributed by atoms with Crippen LogP contribution in [0.3, 0.4) is 0 Å². The van der Waals surface area contributed by atoms with E-state index in [-0.39, 0.29) is 27.9 Å². The first-order chi connectivity index (χ1) is 16.4. The molecule has 2 aromatic heterocycles. The lowest BCUT2D eigenvalue weighted by Crippen LogP contribution is -2.14. The van der Waals surface area contributed by atoms with Gasteiger partial charge in [-0.15, -0.1) is 0 Å². The molecule has 0 bridgehead atoms. The van der Waals surface area contributed by atoms with Gasteiger partial charge in [-0.2, -0.15) is 0 Å². The third kappa shape index (κ3) is 5.17. The Morgan fingerprint density at radius 3 is 2.34 bits per heavy atom. The number of aromatic amines is 1. The molecule has 10 heteroatoms. The number of halogens is 1. The molecule has 0 fully saturated rings. The maximum Gasteiger partial charge on any atom is 0.258 e. The summed E-state index contributed by atoms with van der Waals surface area (Å²) in [5.74, 6) is -0.307. The number of aromatic nitrogens is 3. The van der Waals surface area contributed by atoms with Crippen molar-refractivity contribution in [1.82, 2.24) is 15.0 Å². The summed E-state index contributed by atoms with van der Waals surface area (Å²) in [6, 6.07) is 11.1. The summed E-state index contributed by atoms with van der Waals surface area (Å²) < 4.78 is 45.1. The largest absolute Gasteiger partial charge is 0.482 e. The van der Waals surface area contributed by atoms with Crippen LogP contribution in [0.25, 0.3) is 33.4 Å². The average molecular weight is 497 g/mol. The number of nitrogens with one attached hydrogen (secondary N) is 2. The van der Waals surface area contributed by atoms with Gasteiger partial charge in [-0.25, -0.2) is 17.8 Å². The number of pyridine rings is 1. The molecule has 182 valence electrons. The van der Waals surface area contributed by atoms with E-state index >= 15 is 0 Å². The lowest BCUT2D eigenvalue weighted by Gasteiger charge is -2.21. The third-order valence-corrected chi connectivity index (χ3v) is 6.06. The fourth-order valence-electron chi connectivity index (χ4n) is 3.68. The zero-order valence-electron chi connectivity index (χ0n) is 19.9. The zero-order chi connectivity index (χ0) is 25.5. The Labute approximate surface area is 202 Å². The number of ether oxygens (including phenoxy) is 1. The minimum atomic E-state index is -3.54. The predicted molar refractivity (Wildman–Crippen MR) is 135 cm³/mol. The Balaban J connectivity index is 1.90. The van der Waals surface area contributed by atoms with Crippen LogP contribution in [0, 0.1) is 5.82 Å². The van der Waals surface area contributed by atoms with Gasteiger partial charge >= 0.3 is 0 Å². The monoisotopic (exact) mass is 496 g/mol. The molecule has 8 nitrogen and oxygen atoms in total. The quantitative estimate of drug-likeness (QED) is 0.421. The molecule has 0 unspecified atom stereocenters. The van der Waals surface area contributed by atoms with E-state index < -0.39 is 15.8 Å². The summed E-state index contributed by atoms with van der Waals surface area (Å²) in [6.07, 6.45) is 2.42. The summed E-state index contributed by atoms with van der Waals surface area (Å²) in [6.45, 7) is 6.13. The molecule has 2 N–H and O–H groups in total. The van der Waals surface area contributed by atoms with Gasteiger partial charge in [0.05, 0.1) is 42.0 Å². The van der Waals surface area contributed by atoms with Crippen molar-refractivity contribution < 1.29 is 17.5 Å². The molecule has 0 aliphatic heterocycles. The SMILES string of the molecule is COc1ccc(-c2cc(C(C)(C)C)cc3nc(-c4ccc(NS(C)(=O)=O)cc4F)cnc23)c(=O)[nH]1. The second kappa shape index (κ2) is 8.77. The number of benzene rings is 2. The molecule has 0 spiro atoms. The number of H-pyrrole nitrogens is 1. The van der Waals surface area contributed by atoms with Gasteiger partial charge in [0.1, 0.15) is 5.82 Å². The molecule has 0 saturated heterocycles. The van der Waals surface area contributed by atoms with Gasteiger partial charge in [0.15, 0.2) is 5.88 Å². The van der Waals surface area contributed by atoms with Crippen molar-refractivity contribution in [1.29, 1.82) is 0 Å². The Morgan fingerprint density at radius 1 is 1.03 bits per heavy atom. The highest BCUT2D eigenvalue weighted by atomic mass is 32.2. The first kappa shape index (κ1) is 24.3. The number of methoxy groups -OCH3 is 1. The molecule has 4 rings (SSSR count). The number of nitrogens with zero attached hydrogens (tertiary/aromatic N) is 2. The Morgan fingerprint density at radius 2 is 1.74 bits per heavy atom. The van der Waals surface area contributed by atoms with E-state index in [1.54, 1.807) is 12.1 Å². The van der Waals surface area contributed by atoms with E-state index in [4.69, 9.17) is 4.74 Å². The number of hydrogen-bond acceptors (Lipinski definition) is 6. The van der Waals surface area contributed by atoms with Gasteiger partial charge in [-0.05, 0) is 53.4 Å². The van der Waals surface area contributed by atoms with E-state index in [2.05, 4.69) is 19.7 Å². The molecule has 0 radical (unpaired) electrons. The van der Waals surface area contributed by atoms with E-state index in [9.17, 15) is 17.6 Å². The van der Waals surface area contributed by atoms with Crippen LogP contribution in [0.1, 0.15) is 26.3 Å². The van der Waals surface area contributed by atoms with Crippen LogP contribution in [0.4, 0.5) is 10.1 Å². The number of anilines is 1. The minimum absolute atomic E-state index is 0.110. The first-order valence-corrected chi connectivity index (χ1v) is 12.6. The Kier molecular flexibility index (Phi) is 6.10. The van der Waals surface area contributed by atoms with Crippen LogP contribution in [0.5, 0.6) is 5.88 Å². The zero-order valence-corrected chi connectivity index (χ0v) is 20.7. The molecule has 2 aromatic carbocycles. The number of fused-ring (bicyclic) bond motifs is 1. The predicted octanol–water partition coefficient (Wildman–Crippen LogP) is 4.47. The van der Waals surface area contributed by atoms with Crippen molar-refractivity contribution in [2.45, 2.75) is 26.2 Å². The van der Waals surface area contributed by atoms with Crippen molar-refractivity contribution in [3.8, 4) is 28.3 Å². The molecule has 0 amide bonds. The van der Waals surface area contributed by atoms with Gasteiger partial charge in [0.25, 0.3) is 5.56 Å². The van der Waals surface area contributed by atoms with Crippen molar-refractivity contribution in [3.63, 3.8) is 0 Å². The maximum atomic E-state index is 14.9. The van der Waals surface area contributed by atoms with Crippen LogP contribution in [0.2, 0.25) is 0 Å². The highest BCUT2D eigenvalue weighted by molar-refractivity contribution is 7.92. The molecule has 35 heavy (non-hydrogen) atoms. The number of hydrogen-bond donors (Lipinski definition) is 2. The van der Waals surface area contributed by atoms with Gasteiger partial charge in [0, 0.05) is 16.7 Å². The fraction of sp³-hybridized carbons (Fsp3) is 0.240. The van der Waals surface area contributed by atoms with Crippen LogP contribution in [-0.4, -0.2) is 36.7 Å². The van der Waals surface area contributed by atoms with E-state index in [0.29, 0.717) is 28.0 Å².